The van der Waals surface area contributed by atoms with Crippen LogP contribution in [0.15, 0.2) is 41.3 Å². The lowest BCUT2D eigenvalue weighted by Gasteiger charge is -2.17. The molecule has 5 nitrogen and oxygen atoms in total. The minimum Gasteiger partial charge on any atom is -0.451 e. The highest BCUT2D eigenvalue weighted by Gasteiger charge is 2.36. The maximum absolute atomic E-state index is 12.6. The van der Waals surface area contributed by atoms with Crippen molar-refractivity contribution in [2.45, 2.75) is 4.90 Å². The number of rotatable bonds is 3. The van der Waals surface area contributed by atoms with Crippen LogP contribution in [0.2, 0.25) is 0 Å². The van der Waals surface area contributed by atoms with E-state index in [-0.39, 0.29) is 11.5 Å². The van der Waals surface area contributed by atoms with E-state index in [9.17, 15) is 13.2 Å². The average molecular weight is 301 g/mol. The van der Waals surface area contributed by atoms with E-state index in [2.05, 4.69) is 5.92 Å². The average Bonchev–Trinajstić information content (AvgIpc) is 2.69. The Balaban J connectivity index is 2.07. The van der Waals surface area contributed by atoms with Gasteiger partial charge in [0, 0.05) is 5.39 Å². The van der Waals surface area contributed by atoms with Crippen LogP contribution in [0.5, 0.6) is 0 Å². The molecule has 6 heteroatoms. The van der Waals surface area contributed by atoms with Gasteiger partial charge in [0.25, 0.3) is 10.0 Å². The summed E-state index contributed by atoms with van der Waals surface area (Å²) in [6, 6.07) is 10.3. The molecular formula is C15H11NO4S. The lowest BCUT2D eigenvalue weighted by atomic mass is 10.1. The van der Waals surface area contributed by atoms with Crippen LogP contribution in [0.4, 0.5) is 5.69 Å². The number of ether oxygens (including phenoxy) is 1. The fourth-order valence-electron chi connectivity index (χ4n) is 2.41. The topological polar surface area (TPSA) is 63.7 Å². The van der Waals surface area contributed by atoms with Crippen molar-refractivity contribution < 1.29 is 17.9 Å². The number of benzene rings is 2. The molecule has 1 heterocycles. The molecule has 106 valence electrons. The van der Waals surface area contributed by atoms with Crippen molar-refractivity contribution in [3.05, 3.63) is 36.4 Å². The molecule has 0 saturated heterocycles. The van der Waals surface area contributed by atoms with Gasteiger partial charge < -0.3 is 4.74 Å². The Morgan fingerprint density at radius 2 is 1.95 bits per heavy atom. The van der Waals surface area contributed by atoms with Gasteiger partial charge in [-0.3, -0.25) is 9.10 Å². The number of hydrogen-bond donors (Lipinski definition) is 0. The zero-order valence-electron chi connectivity index (χ0n) is 10.9. The number of sulfonamides is 1. The maximum atomic E-state index is 12.6. The third kappa shape index (κ3) is 2.03. The van der Waals surface area contributed by atoms with Crippen LogP contribution in [0.1, 0.15) is 0 Å². The number of hydrogen-bond acceptors (Lipinski definition) is 4. The Kier molecular flexibility index (Phi) is 3.07. The van der Waals surface area contributed by atoms with E-state index in [4.69, 9.17) is 11.2 Å². The molecule has 1 aliphatic heterocycles. The summed E-state index contributed by atoms with van der Waals surface area (Å²) >= 11 is 0. The molecule has 0 spiro atoms. The van der Waals surface area contributed by atoms with Gasteiger partial charge in [0.1, 0.15) is 6.54 Å². The fraction of sp³-hybridized carbons (Fsp3) is 0.133. The van der Waals surface area contributed by atoms with Gasteiger partial charge in [0.2, 0.25) is 0 Å². The second-order valence-corrected chi connectivity index (χ2v) is 6.34. The van der Waals surface area contributed by atoms with Gasteiger partial charge >= 0.3 is 5.97 Å². The van der Waals surface area contributed by atoms with E-state index in [0.29, 0.717) is 11.1 Å². The van der Waals surface area contributed by atoms with Crippen LogP contribution in [0, 0.1) is 12.3 Å². The summed E-state index contributed by atoms with van der Waals surface area (Å²) in [6.45, 7) is -0.568. The minimum atomic E-state index is -3.74. The summed E-state index contributed by atoms with van der Waals surface area (Å²) in [5.41, 5.74) is 0.487. The lowest BCUT2D eigenvalue weighted by Crippen LogP contribution is -2.33. The molecule has 2 aromatic rings. The van der Waals surface area contributed by atoms with Gasteiger partial charge in [-0.05, 0) is 17.5 Å². The van der Waals surface area contributed by atoms with E-state index in [1.54, 1.807) is 18.2 Å². The van der Waals surface area contributed by atoms with E-state index in [0.717, 1.165) is 9.69 Å². The van der Waals surface area contributed by atoms with Crippen molar-refractivity contribution in [2.24, 2.45) is 0 Å². The molecule has 1 aliphatic rings. The molecule has 0 fully saturated rings. The number of esters is 1. The molecule has 0 bridgehead atoms. The molecule has 0 saturated carbocycles. The molecule has 3 rings (SSSR count). The van der Waals surface area contributed by atoms with Gasteiger partial charge in [0.05, 0.1) is 10.6 Å². The molecular weight excluding hydrogens is 290 g/mol. The molecule has 21 heavy (non-hydrogen) atoms. The summed E-state index contributed by atoms with van der Waals surface area (Å²) < 4.78 is 30.9. The van der Waals surface area contributed by atoms with Gasteiger partial charge in [-0.1, -0.05) is 30.2 Å². The summed E-state index contributed by atoms with van der Waals surface area (Å²) in [4.78, 5) is 11.9. The Hall–Kier alpha value is -2.52. The molecule has 0 aliphatic carbocycles. The highest BCUT2D eigenvalue weighted by atomic mass is 32.2. The number of terminal acetylenes is 1. The number of carbonyl (C=O) groups is 1. The smallest absolute Gasteiger partial charge is 0.327 e. The van der Waals surface area contributed by atoms with Crippen LogP contribution in [-0.4, -0.2) is 27.5 Å². The van der Waals surface area contributed by atoms with Gasteiger partial charge in [-0.25, -0.2) is 8.42 Å². The van der Waals surface area contributed by atoms with Crippen LogP contribution in [0.25, 0.3) is 10.8 Å². The molecule has 0 aromatic heterocycles. The first kappa shape index (κ1) is 13.5. The zero-order chi connectivity index (χ0) is 15.0. The predicted octanol–water partition coefficient (Wildman–Crippen LogP) is 1.52. The quantitative estimate of drug-likeness (QED) is 0.637. The molecule has 2 aromatic carbocycles. The number of nitrogens with zero attached hydrogens (tertiary/aromatic N) is 1. The summed E-state index contributed by atoms with van der Waals surface area (Å²) in [6.07, 6.45) is 5.01. The fourth-order valence-corrected chi connectivity index (χ4v) is 4.07. The molecule has 0 unspecified atom stereocenters. The monoisotopic (exact) mass is 301 g/mol. The highest BCUT2D eigenvalue weighted by molar-refractivity contribution is 7.93. The SMILES string of the molecule is C#CCOC(=O)CN1c2cccc3cccc(c23)S1(=O)=O. The number of anilines is 1. The predicted molar refractivity (Wildman–Crippen MR) is 78.3 cm³/mol. The Morgan fingerprint density at radius 3 is 2.67 bits per heavy atom. The third-order valence-electron chi connectivity index (χ3n) is 3.27. The second-order valence-electron chi connectivity index (χ2n) is 4.51. The van der Waals surface area contributed by atoms with Crippen LogP contribution < -0.4 is 4.31 Å². The van der Waals surface area contributed by atoms with Crippen molar-refractivity contribution in [3.63, 3.8) is 0 Å². The Bertz CT molecular complexity index is 875. The highest BCUT2D eigenvalue weighted by Crippen LogP contribution is 2.41. The van der Waals surface area contributed by atoms with Gasteiger partial charge in [-0.15, -0.1) is 6.42 Å². The standard InChI is InChI=1S/C15H11NO4S/c1-2-9-20-14(17)10-16-12-7-3-5-11-6-4-8-13(15(11)12)21(16,18)19/h1,3-8H,9-10H2. The van der Waals surface area contributed by atoms with E-state index in [1.165, 1.54) is 6.07 Å². The van der Waals surface area contributed by atoms with Crippen molar-refractivity contribution >= 4 is 32.5 Å². The first-order chi connectivity index (χ1) is 10.1. The third-order valence-corrected chi connectivity index (χ3v) is 5.07. The zero-order valence-corrected chi connectivity index (χ0v) is 11.8. The Morgan fingerprint density at radius 1 is 1.24 bits per heavy atom. The first-order valence-electron chi connectivity index (χ1n) is 6.19. The summed E-state index contributed by atoms with van der Waals surface area (Å²) in [5.74, 6) is 1.49. The molecule has 0 N–H and O–H groups in total. The minimum absolute atomic E-state index is 0.177. The van der Waals surface area contributed by atoms with Crippen molar-refractivity contribution in [1.82, 2.24) is 0 Å². The Labute approximate surface area is 122 Å². The van der Waals surface area contributed by atoms with Crippen molar-refractivity contribution in [2.75, 3.05) is 17.5 Å². The number of carbonyl (C=O) groups excluding carboxylic acids is 1. The van der Waals surface area contributed by atoms with Gasteiger partial charge in [0.15, 0.2) is 6.61 Å². The van der Waals surface area contributed by atoms with Crippen molar-refractivity contribution in [3.8, 4) is 12.3 Å². The largest absolute Gasteiger partial charge is 0.451 e. The maximum Gasteiger partial charge on any atom is 0.327 e. The van der Waals surface area contributed by atoms with E-state index < -0.39 is 22.5 Å². The lowest BCUT2D eigenvalue weighted by molar-refractivity contribution is -0.140. The van der Waals surface area contributed by atoms with E-state index in [1.807, 2.05) is 12.1 Å². The van der Waals surface area contributed by atoms with Crippen LogP contribution in [-0.2, 0) is 19.6 Å². The molecule has 0 amide bonds. The van der Waals surface area contributed by atoms with Gasteiger partial charge in [-0.2, -0.15) is 0 Å². The summed E-state index contributed by atoms with van der Waals surface area (Å²) in [5, 5.41) is 1.44. The first-order valence-corrected chi connectivity index (χ1v) is 7.63. The van der Waals surface area contributed by atoms with Crippen molar-refractivity contribution in [1.29, 1.82) is 0 Å². The second kappa shape index (κ2) is 4.79. The van der Waals surface area contributed by atoms with Crippen LogP contribution >= 0.6 is 0 Å². The normalized spacial score (nSPS) is 14.9. The molecule has 0 radical (unpaired) electrons. The van der Waals surface area contributed by atoms with E-state index >= 15 is 0 Å². The summed E-state index contributed by atoms with van der Waals surface area (Å²) in [7, 11) is -3.74. The molecule has 0 atom stereocenters. The van der Waals surface area contributed by atoms with Crippen LogP contribution in [0.3, 0.4) is 0 Å².